The molecule has 0 bridgehead atoms. The minimum absolute atomic E-state index is 0.477. The summed E-state index contributed by atoms with van der Waals surface area (Å²) in [5.41, 5.74) is 1.31. The summed E-state index contributed by atoms with van der Waals surface area (Å²) in [4.78, 5) is 4.28. The molecule has 0 saturated heterocycles. The summed E-state index contributed by atoms with van der Waals surface area (Å²) in [6.07, 6.45) is 0. The van der Waals surface area contributed by atoms with Gasteiger partial charge in [0, 0.05) is 18.8 Å². The highest BCUT2D eigenvalue weighted by Gasteiger charge is 2.09. The monoisotopic (exact) mass is 243 g/mol. The Labute approximate surface area is 105 Å². The van der Waals surface area contributed by atoms with Gasteiger partial charge in [0.15, 0.2) is 5.82 Å². The van der Waals surface area contributed by atoms with E-state index in [4.69, 9.17) is 10.00 Å². The fraction of sp³-hybridized carbons (Fsp3) is 0.250. The lowest BCUT2D eigenvalue weighted by molar-refractivity contribution is 0.373. The SMILES string of the molecule is COc1cc(Nc2nc(C)ccc2C#N)nn1C. The molecule has 0 atom stereocenters. The van der Waals surface area contributed by atoms with E-state index in [2.05, 4.69) is 21.5 Å². The first-order valence-corrected chi connectivity index (χ1v) is 5.37. The number of aromatic nitrogens is 3. The standard InChI is InChI=1S/C12H13N5O/c1-8-4-5-9(7-13)12(14-8)15-10-6-11(18-3)17(2)16-10/h4-6H,1-3H3,(H,14,15,16). The largest absolute Gasteiger partial charge is 0.481 e. The zero-order valence-electron chi connectivity index (χ0n) is 10.4. The number of nitrogens with one attached hydrogen (secondary N) is 1. The third-order valence-corrected chi connectivity index (χ3v) is 2.45. The predicted molar refractivity (Wildman–Crippen MR) is 66.7 cm³/mol. The number of anilines is 2. The van der Waals surface area contributed by atoms with E-state index in [-0.39, 0.29) is 0 Å². The van der Waals surface area contributed by atoms with Crippen molar-refractivity contribution in [1.29, 1.82) is 5.26 Å². The van der Waals surface area contributed by atoms with Crippen molar-refractivity contribution in [3.8, 4) is 11.9 Å². The van der Waals surface area contributed by atoms with E-state index < -0.39 is 0 Å². The van der Waals surface area contributed by atoms with Gasteiger partial charge in [-0.05, 0) is 19.1 Å². The van der Waals surface area contributed by atoms with Crippen LogP contribution in [0.25, 0.3) is 0 Å². The topological polar surface area (TPSA) is 75.8 Å². The molecule has 6 heteroatoms. The first-order valence-electron chi connectivity index (χ1n) is 5.37. The summed E-state index contributed by atoms with van der Waals surface area (Å²) in [6.45, 7) is 1.87. The van der Waals surface area contributed by atoms with Crippen LogP contribution in [0, 0.1) is 18.3 Å². The smallest absolute Gasteiger partial charge is 0.213 e. The maximum absolute atomic E-state index is 9.01. The molecule has 0 unspecified atom stereocenters. The third-order valence-electron chi connectivity index (χ3n) is 2.45. The van der Waals surface area contributed by atoms with Gasteiger partial charge in [-0.3, -0.25) is 0 Å². The van der Waals surface area contributed by atoms with Crippen LogP contribution in [-0.4, -0.2) is 21.9 Å². The molecule has 0 aromatic carbocycles. The Morgan fingerprint density at radius 3 is 2.83 bits per heavy atom. The zero-order valence-corrected chi connectivity index (χ0v) is 10.4. The van der Waals surface area contributed by atoms with Crippen LogP contribution in [0.15, 0.2) is 18.2 Å². The molecule has 2 rings (SSSR count). The molecule has 2 aromatic rings. The van der Waals surface area contributed by atoms with Crippen molar-refractivity contribution in [3.63, 3.8) is 0 Å². The molecule has 0 spiro atoms. The van der Waals surface area contributed by atoms with Gasteiger partial charge in [0.05, 0.1) is 12.7 Å². The summed E-state index contributed by atoms with van der Waals surface area (Å²) < 4.78 is 6.72. The van der Waals surface area contributed by atoms with Gasteiger partial charge >= 0.3 is 0 Å². The van der Waals surface area contributed by atoms with Crippen molar-refractivity contribution in [2.45, 2.75) is 6.92 Å². The van der Waals surface area contributed by atoms with Crippen LogP contribution in [0.1, 0.15) is 11.3 Å². The van der Waals surface area contributed by atoms with E-state index in [1.807, 2.05) is 6.92 Å². The fourth-order valence-electron chi connectivity index (χ4n) is 1.57. The second-order valence-corrected chi connectivity index (χ2v) is 3.78. The van der Waals surface area contributed by atoms with Gasteiger partial charge in [0.25, 0.3) is 0 Å². The number of nitrogens with zero attached hydrogens (tertiary/aromatic N) is 4. The molecule has 2 aromatic heterocycles. The number of aryl methyl sites for hydroxylation is 2. The molecule has 18 heavy (non-hydrogen) atoms. The molecule has 6 nitrogen and oxygen atoms in total. The number of ether oxygens (including phenoxy) is 1. The van der Waals surface area contributed by atoms with Gasteiger partial charge < -0.3 is 10.1 Å². The second-order valence-electron chi connectivity index (χ2n) is 3.78. The number of methoxy groups -OCH3 is 1. The normalized spacial score (nSPS) is 9.89. The lowest BCUT2D eigenvalue weighted by Gasteiger charge is -2.04. The Hall–Kier alpha value is -2.55. The van der Waals surface area contributed by atoms with Crippen molar-refractivity contribution >= 4 is 11.6 Å². The maximum Gasteiger partial charge on any atom is 0.213 e. The van der Waals surface area contributed by atoms with Gasteiger partial charge in [-0.1, -0.05) is 0 Å². The average molecular weight is 243 g/mol. The van der Waals surface area contributed by atoms with Gasteiger partial charge in [-0.2, -0.15) is 10.4 Å². The molecular weight excluding hydrogens is 230 g/mol. The molecule has 0 aliphatic rings. The molecule has 0 saturated carbocycles. The average Bonchev–Trinajstić information content (AvgIpc) is 2.70. The third kappa shape index (κ3) is 2.25. The van der Waals surface area contributed by atoms with Crippen LogP contribution < -0.4 is 10.1 Å². The van der Waals surface area contributed by atoms with Gasteiger partial charge in [0.2, 0.25) is 5.88 Å². The number of pyridine rings is 1. The van der Waals surface area contributed by atoms with Gasteiger partial charge in [-0.25, -0.2) is 9.67 Å². The quantitative estimate of drug-likeness (QED) is 0.888. The van der Waals surface area contributed by atoms with Crippen molar-refractivity contribution < 1.29 is 4.74 Å². The maximum atomic E-state index is 9.01. The molecule has 0 fully saturated rings. The summed E-state index contributed by atoms with van der Waals surface area (Å²) in [5.74, 6) is 1.71. The number of rotatable bonds is 3. The summed E-state index contributed by atoms with van der Waals surface area (Å²) >= 11 is 0. The highest BCUT2D eigenvalue weighted by molar-refractivity contribution is 5.60. The van der Waals surface area contributed by atoms with E-state index in [1.54, 1.807) is 37.0 Å². The first kappa shape index (κ1) is 11.9. The highest BCUT2D eigenvalue weighted by atomic mass is 16.5. The van der Waals surface area contributed by atoms with E-state index in [1.165, 1.54) is 0 Å². The van der Waals surface area contributed by atoms with Crippen LogP contribution in [0.2, 0.25) is 0 Å². The van der Waals surface area contributed by atoms with E-state index in [0.717, 1.165) is 5.69 Å². The van der Waals surface area contributed by atoms with Crippen LogP contribution >= 0.6 is 0 Å². The Bertz CT molecular complexity index is 611. The van der Waals surface area contributed by atoms with E-state index >= 15 is 0 Å². The Morgan fingerprint density at radius 1 is 1.44 bits per heavy atom. The van der Waals surface area contributed by atoms with Crippen molar-refractivity contribution in [2.75, 3.05) is 12.4 Å². The molecule has 1 N–H and O–H groups in total. The minimum atomic E-state index is 0.477. The van der Waals surface area contributed by atoms with E-state index in [9.17, 15) is 0 Å². The Kier molecular flexibility index (Phi) is 3.15. The highest BCUT2D eigenvalue weighted by Crippen LogP contribution is 2.21. The summed E-state index contributed by atoms with van der Waals surface area (Å²) in [5, 5.41) is 16.2. The minimum Gasteiger partial charge on any atom is -0.481 e. The predicted octanol–water partition coefficient (Wildman–Crippen LogP) is 1.75. The van der Waals surface area contributed by atoms with E-state index in [0.29, 0.717) is 23.1 Å². The van der Waals surface area contributed by atoms with Crippen LogP contribution in [0.5, 0.6) is 5.88 Å². The second kappa shape index (κ2) is 4.75. The van der Waals surface area contributed by atoms with Crippen LogP contribution in [0.3, 0.4) is 0 Å². The number of hydrogen-bond acceptors (Lipinski definition) is 5. The number of hydrogen-bond donors (Lipinski definition) is 1. The summed E-state index contributed by atoms with van der Waals surface area (Å²) in [6, 6.07) is 7.35. The lowest BCUT2D eigenvalue weighted by atomic mass is 10.2. The molecule has 92 valence electrons. The van der Waals surface area contributed by atoms with Crippen LogP contribution in [-0.2, 0) is 7.05 Å². The molecule has 0 amide bonds. The molecule has 0 radical (unpaired) electrons. The Balaban J connectivity index is 2.33. The molecule has 2 heterocycles. The number of nitriles is 1. The van der Waals surface area contributed by atoms with Crippen LogP contribution in [0.4, 0.5) is 11.6 Å². The molecular formula is C12H13N5O. The van der Waals surface area contributed by atoms with Gasteiger partial charge in [0.1, 0.15) is 11.9 Å². The Morgan fingerprint density at radius 2 is 2.22 bits per heavy atom. The van der Waals surface area contributed by atoms with Crippen molar-refractivity contribution in [3.05, 3.63) is 29.5 Å². The molecule has 0 aliphatic carbocycles. The fourth-order valence-corrected chi connectivity index (χ4v) is 1.57. The molecule has 0 aliphatic heterocycles. The zero-order chi connectivity index (χ0) is 13.1. The van der Waals surface area contributed by atoms with Gasteiger partial charge in [-0.15, -0.1) is 0 Å². The first-order chi connectivity index (χ1) is 8.63. The van der Waals surface area contributed by atoms with Crippen molar-refractivity contribution in [2.24, 2.45) is 7.05 Å². The summed E-state index contributed by atoms with van der Waals surface area (Å²) in [7, 11) is 3.35. The van der Waals surface area contributed by atoms with Crippen molar-refractivity contribution in [1.82, 2.24) is 14.8 Å². The lowest BCUT2D eigenvalue weighted by Crippen LogP contribution is -2.00.